The largest absolute Gasteiger partial charge is 2.00 e. The first-order valence-electron chi connectivity index (χ1n) is 13.8. The van der Waals surface area contributed by atoms with Gasteiger partial charge in [-0.25, -0.2) is 15.0 Å². The van der Waals surface area contributed by atoms with Crippen LogP contribution in [0.1, 0.15) is 0 Å². The molecule has 4 aromatic carbocycles. The third-order valence-corrected chi connectivity index (χ3v) is 6.87. The van der Waals surface area contributed by atoms with Crippen LogP contribution in [0.15, 0.2) is 110 Å². The molecule has 4 aromatic heterocycles. The molecule has 12 heteroatoms. The van der Waals surface area contributed by atoms with Crippen LogP contribution in [-0.2, 0) is 40.8 Å². The van der Waals surface area contributed by atoms with Crippen LogP contribution in [0.25, 0.3) is 50.3 Å². The molecule has 0 saturated carbocycles. The van der Waals surface area contributed by atoms with E-state index in [2.05, 4.69) is 59.2 Å². The maximum absolute atomic E-state index is 6.21. The van der Waals surface area contributed by atoms with Gasteiger partial charge in [0, 0.05) is 71.6 Å². The van der Waals surface area contributed by atoms with E-state index < -0.39 is 0 Å². The molecule has 0 atom stereocenters. The summed E-state index contributed by atoms with van der Waals surface area (Å²) in [5, 5.41) is 1.82. The van der Waals surface area contributed by atoms with Gasteiger partial charge < -0.3 is 24.0 Å². The van der Waals surface area contributed by atoms with Crippen molar-refractivity contribution in [2.45, 2.75) is 0 Å². The maximum Gasteiger partial charge on any atom is 2.00 e. The third kappa shape index (κ3) is 6.55. The molecule has 0 aliphatic carbocycles. The van der Waals surface area contributed by atoms with E-state index in [0.717, 1.165) is 21.9 Å². The predicted molar refractivity (Wildman–Crippen MR) is 165 cm³/mol. The smallest absolute Gasteiger partial charge is 0.503 e. The molecule has 10 nitrogen and oxygen atoms in total. The minimum atomic E-state index is 0. The van der Waals surface area contributed by atoms with Crippen LogP contribution in [-0.4, -0.2) is 39.5 Å². The summed E-state index contributed by atoms with van der Waals surface area (Å²) in [4.78, 5) is 29.8. The van der Waals surface area contributed by atoms with Crippen molar-refractivity contribution in [3.05, 3.63) is 135 Å². The van der Waals surface area contributed by atoms with Crippen molar-refractivity contribution in [1.29, 1.82) is 0 Å². The van der Waals surface area contributed by atoms with Gasteiger partial charge in [0.2, 0.25) is 5.95 Å². The van der Waals surface area contributed by atoms with Gasteiger partial charge in [0.1, 0.15) is 12.7 Å². The van der Waals surface area contributed by atoms with Crippen molar-refractivity contribution in [2.24, 2.45) is 0 Å². The summed E-state index contributed by atoms with van der Waals surface area (Å²) in [6.45, 7) is 0. The molecule has 0 radical (unpaired) electrons. The fraction of sp³-hybridized carbons (Fsp3) is 0. The third-order valence-electron chi connectivity index (χ3n) is 6.87. The van der Waals surface area contributed by atoms with E-state index in [1.807, 2.05) is 65.2 Å². The molecule has 0 unspecified atom stereocenters. The van der Waals surface area contributed by atoms with Crippen LogP contribution >= 0.6 is 0 Å². The van der Waals surface area contributed by atoms with Crippen molar-refractivity contribution >= 4 is 21.8 Å². The van der Waals surface area contributed by atoms with E-state index in [9.17, 15) is 0 Å². The summed E-state index contributed by atoms with van der Waals surface area (Å²) in [6.07, 6.45) is 12.8. The SMILES string of the molecule is [Pd+2].[Pd+2].[c-]1c(Oc2[c-]c3c(cc2)c2ccc(Oc4[c-]c(-c5cnccn5)ccc4)[c-]c2n3-c2ncncn2)cccc1-c1cnccn1. The van der Waals surface area contributed by atoms with Crippen LogP contribution in [0.3, 0.4) is 0 Å². The zero-order valence-corrected chi connectivity index (χ0v) is 27.0. The van der Waals surface area contributed by atoms with Gasteiger partial charge in [0.25, 0.3) is 0 Å². The van der Waals surface area contributed by atoms with Gasteiger partial charge in [-0.15, -0.1) is 71.8 Å². The molecule has 8 aromatic rings. The number of hydrogen-bond acceptors (Lipinski definition) is 9. The molecule has 0 spiro atoms. The second-order valence-corrected chi connectivity index (χ2v) is 9.69. The van der Waals surface area contributed by atoms with E-state index in [0.29, 0.717) is 51.4 Å². The van der Waals surface area contributed by atoms with E-state index in [1.54, 1.807) is 37.2 Å². The maximum atomic E-state index is 6.21. The summed E-state index contributed by atoms with van der Waals surface area (Å²) in [6, 6.07) is 32.2. The van der Waals surface area contributed by atoms with E-state index in [-0.39, 0.29) is 40.8 Å². The first kappa shape index (κ1) is 31.7. The number of benzene rings is 4. The minimum absolute atomic E-state index is 0. The molecular weight excluding hydrogens is 777 g/mol. The monoisotopic (exact) mass is 794 g/mol. The van der Waals surface area contributed by atoms with Crippen molar-refractivity contribution in [1.82, 2.24) is 39.5 Å². The summed E-state index contributed by atoms with van der Waals surface area (Å²) in [5.41, 5.74) is 4.32. The minimum Gasteiger partial charge on any atom is -0.503 e. The number of ether oxygens (including phenoxy) is 2. The number of hydrogen-bond donors (Lipinski definition) is 0. The second-order valence-electron chi connectivity index (χ2n) is 9.69. The topological polar surface area (TPSA) is 114 Å². The fourth-order valence-electron chi connectivity index (χ4n) is 4.92. The Balaban J connectivity index is 0.00000193. The average molecular weight is 795 g/mol. The Morgan fingerprint density at radius 1 is 0.489 bits per heavy atom. The van der Waals surface area contributed by atoms with Gasteiger partial charge in [-0.1, -0.05) is 23.2 Å². The molecule has 0 saturated heterocycles. The van der Waals surface area contributed by atoms with Crippen molar-refractivity contribution in [2.75, 3.05) is 0 Å². The number of rotatable bonds is 7. The van der Waals surface area contributed by atoms with Crippen molar-refractivity contribution < 1.29 is 50.3 Å². The quantitative estimate of drug-likeness (QED) is 0.129. The van der Waals surface area contributed by atoms with Crippen molar-refractivity contribution in [3.8, 4) is 51.5 Å². The second kappa shape index (κ2) is 14.0. The Bertz CT molecular complexity index is 2150. The molecule has 4 heterocycles. The zero-order chi connectivity index (χ0) is 30.0. The zero-order valence-electron chi connectivity index (χ0n) is 23.9. The Morgan fingerprint density at radius 3 is 1.45 bits per heavy atom. The van der Waals surface area contributed by atoms with Crippen LogP contribution in [0.2, 0.25) is 0 Å². The van der Waals surface area contributed by atoms with E-state index in [1.165, 1.54) is 12.7 Å². The van der Waals surface area contributed by atoms with Crippen LogP contribution in [0.5, 0.6) is 23.0 Å². The molecule has 47 heavy (non-hydrogen) atoms. The predicted octanol–water partition coefficient (Wildman–Crippen LogP) is 6.66. The van der Waals surface area contributed by atoms with Gasteiger partial charge in [-0.2, -0.15) is 22.9 Å². The number of nitrogens with zero attached hydrogens (tertiary/aromatic N) is 8. The normalized spacial score (nSPS) is 10.6. The summed E-state index contributed by atoms with van der Waals surface area (Å²) in [7, 11) is 0. The van der Waals surface area contributed by atoms with Crippen molar-refractivity contribution in [3.63, 3.8) is 0 Å². The van der Waals surface area contributed by atoms with Gasteiger partial charge >= 0.3 is 40.8 Å². The fourth-order valence-corrected chi connectivity index (χ4v) is 4.92. The van der Waals surface area contributed by atoms with E-state index >= 15 is 0 Å². The molecule has 230 valence electrons. The number of aromatic nitrogens is 8. The molecule has 0 aliphatic rings. The molecular formula is C35H18N8O2Pd2. The number of fused-ring (bicyclic) bond motifs is 3. The first-order chi connectivity index (χ1) is 22.3. The molecule has 0 N–H and O–H groups in total. The summed E-state index contributed by atoms with van der Waals surface area (Å²) in [5.74, 6) is 2.40. The van der Waals surface area contributed by atoms with Gasteiger partial charge in [-0.3, -0.25) is 9.97 Å². The molecule has 0 fully saturated rings. The Labute approximate surface area is 296 Å². The Kier molecular flexibility index (Phi) is 9.49. The molecule has 0 amide bonds. The summed E-state index contributed by atoms with van der Waals surface area (Å²) < 4.78 is 14.3. The van der Waals surface area contributed by atoms with E-state index in [4.69, 9.17) is 9.47 Å². The Morgan fingerprint density at radius 2 is 0.979 bits per heavy atom. The first-order valence-corrected chi connectivity index (χ1v) is 13.8. The Hall–Kier alpha value is -5.23. The van der Waals surface area contributed by atoms with Crippen LogP contribution in [0.4, 0.5) is 0 Å². The van der Waals surface area contributed by atoms with Gasteiger partial charge in [-0.05, 0) is 0 Å². The average Bonchev–Trinajstić information content (AvgIpc) is 3.42. The standard InChI is InChI=1S/C35H18N8O2.2Pd/c1-3-23(31-19-36-11-13-39-31)15-25(5-1)44-27-7-9-29-30-10-8-28(18-34(30)43(33(29)17-27)35-41-21-38-22-42-35)45-26-6-2-4-24(16-26)32-20-37-12-14-40-32;;/h1-14,19-22H;;/q-4;2*+2. The molecule has 8 rings (SSSR count). The summed E-state index contributed by atoms with van der Waals surface area (Å²) >= 11 is 0. The van der Waals surface area contributed by atoms with Gasteiger partial charge in [0.05, 0.1) is 0 Å². The van der Waals surface area contributed by atoms with Crippen LogP contribution in [0, 0.1) is 24.3 Å². The molecule has 0 aliphatic heterocycles. The van der Waals surface area contributed by atoms with Crippen LogP contribution < -0.4 is 9.47 Å². The molecule has 0 bridgehead atoms. The van der Waals surface area contributed by atoms with Gasteiger partial charge in [0.15, 0.2) is 0 Å².